The van der Waals surface area contributed by atoms with E-state index < -0.39 is 0 Å². The molecule has 4 rings (SSSR count). The summed E-state index contributed by atoms with van der Waals surface area (Å²) in [4.78, 5) is 12.6. The number of benzene rings is 1. The van der Waals surface area contributed by atoms with E-state index >= 15 is 0 Å². The molecular weight excluding hydrogens is 338 g/mol. The summed E-state index contributed by atoms with van der Waals surface area (Å²) in [6, 6.07) is 9.42. The molecule has 25 heavy (non-hydrogen) atoms. The number of rotatable bonds is 2. The van der Waals surface area contributed by atoms with Gasteiger partial charge in [-0.3, -0.25) is 4.79 Å². The Morgan fingerprint density at radius 2 is 1.80 bits per heavy atom. The fourth-order valence-electron chi connectivity index (χ4n) is 3.03. The van der Waals surface area contributed by atoms with Gasteiger partial charge >= 0.3 is 0 Å². The van der Waals surface area contributed by atoms with Crippen molar-refractivity contribution in [3.63, 3.8) is 0 Å². The second-order valence-corrected chi connectivity index (χ2v) is 6.69. The lowest BCUT2D eigenvalue weighted by Crippen LogP contribution is -2.23. The Hall–Kier alpha value is -2.73. The van der Waals surface area contributed by atoms with E-state index in [4.69, 9.17) is 11.6 Å². The van der Waals surface area contributed by atoms with Crippen LogP contribution in [-0.4, -0.2) is 24.4 Å². The van der Waals surface area contributed by atoms with E-state index in [1.807, 2.05) is 51.1 Å². The summed E-state index contributed by atoms with van der Waals surface area (Å²) in [5.41, 5.74) is 4.08. The first-order valence-corrected chi connectivity index (χ1v) is 8.38. The third-order valence-electron chi connectivity index (χ3n) is 4.27. The summed E-state index contributed by atoms with van der Waals surface area (Å²) in [7, 11) is 0. The van der Waals surface area contributed by atoms with Crippen LogP contribution in [0.3, 0.4) is 0 Å². The average molecular weight is 354 g/mol. The van der Waals surface area contributed by atoms with E-state index in [9.17, 15) is 4.79 Å². The quantitative estimate of drug-likeness (QED) is 0.551. The molecule has 0 radical (unpaired) electrons. The Morgan fingerprint density at radius 1 is 1.08 bits per heavy atom. The van der Waals surface area contributed by atoms with Crippen molar-refractivity contribution in [1.29, 1.82) is 0 Å². The van der Waals surface area contributed by atoms with Crippen molar-refractivity contribution >= 4 is 28.3 Å². The SMILES string of the molecule is Cc1nn2c(nnc3c(=O)n(C(C)C)ccc32)c1-c1ccc(Cl)cc1. The summed E-state index contributed by atoms with van der Waals surface area (Å²) in [5.74, 6) is 0. The van der Waals surface area contributed by atoms with E-state index in [-0.39, 0.29) is 11.6 Å². The van der Waals surface area contributed by atoms with E-state index in [0.29, 0.717) is 21.7 Å². The van der Waals surface area contributed by atoms with Crippen molar-refractivity contribution in [2.24, 2.45) is 0 Å². The van der Waals surface area contributed by atoms with Gasteiger partial charge < -0.3 is 4.57 Å². The standard InChI is InChI=1S/C18H16ClN5O/c1-10(2)23-9-8-14-16(18(23)25)20-21-17-15(11(3)22-24(14)17)12-4-6-13(19)7-5-12/h4-10H,1-3H3. The van der Waals surface area contributed by atoms with Crippen molar-refractivity contribution < 1.29 is 0 Å². The summed E-state index contributed by atoms with van der Waals surface area (Å²) in [6.45, 7) is 5.82. The van der Waals surface area contributed by atoms with Crippen molar-refractivity contribution in [3.8, 4) is 11.1 Å². The van der Waals surface area contributed by atoms with Crippen LogP contribution in [-0.2, 0) is 0 Å². The molecule has 0 aliphatic heterocycles. The molecule has 3 aromatic heterocycles. The van der Waals surface area contributed by atoms with Crippen molar-refractivity contribution in [3.05, 3.63) is 57.6 Å². The van der Waals surface area contributed by atoms with Gasteiger partial charge in [0.2, 0.25) is 0 Å². The van der Waals surface area contributed by atoms with Crippen LogP contribution in [0.4, 0.5) is 0 Å². The molecule has 0 amide bonds. The minimum absolute atomic E-state index is 0.0541. The Bertz CT molecular complexity index is 1160. The van der Waals surface area contributed by atoms with Gasteiger partial charge in [0.25, 0.3) is 5.56 Å². The fourth-order valence-corrected chi connectivity index (χ4v) is 3.15. The van der Waals surface area contributed by atoms with Gasteiger partial charge in [-0.1, -0.05) is 23.7 Å². The van der Waals surface area contributed by atoms with Gasteiger partial charge in [-0.05, 0) is 44.5 Å². The van der Waals surface area contributed by atoms with E-state index in [2.05, 4.69) is 15.3 Å². The number of hydrogen-bond donors (Lipinski definition) is 0. The van der Waals surface area contributed by atoms with Crippen molar-refractivity contribution in [2.75, 3.05) is 0 Å². The summed E-state index contributed by atoms with van der Waals surface area (Å²) in [6.07, 6.45) is 1.77. The number of hydrogen-bond acceptors (Lipinski definition) is 4. The molecule has 3 heterocycles. The molecule has 0 unspecified atom stereocenters. The predicted octanol–water partition coefficient (Wildman–Crippen LogP) is 3.65. The lowest BCUT2D eigenvalue weighted by molar-refractivity contribution is 0.581. The van der Waals surface area contributed by atoms with Crippen LogP contribution in [0, 0.1) is 6.92 Å². The van der Waals surface area contributed by atoms with Crippen LogP contribution in [0.2, 0.25) is 5.02 Å². The van der Waals surface area contributed by atoms with Gasteiger partial charge in [0, 0.05) is 17.3 Å². The number of pyridine rings is 1. The first kappa shape index (κ1) is 15.8. The minimum atomic E-state index is -0.164. The summed E-state index contributed by atoms with van der Waals surface area (Å²) >= 11 is 5.98. The topological polar surface area (TPSA) is 65.1 Å². The van der Waals surface area contributed by atoms with Crippen molar-refractivity contribution in [2.45, 2.75) is 26.8 Å². The van der Waals surface area contributed by atoms with E-state index in [1.54, 1.807) is 15.3 Å². The van der Waals surface area contributed by atoms with E-state index in [1.165, 1.54) is 0 Å². The van der Waals surface area contributed by atoms with Gasteiger partial charge in [-0.2, -0.15) is 5.10 Å². The third kappa shape index (κ3) is 2.41. The Kier molecular flexibility index (Phi) is 3.58. The molecule has 126 valence electrons. The van der Waals surface area contributed by atoms with Crippen LogP contribution >= 0.6 is 11.6 Å². The number of aromatic nitrogens is 5. The monoisotopic (exact) mass is 353 g/mol. The van der Waals surface area contributed by atoms with Gasteiger partial charge in [-0.15, -0.1) is 10.2 Å². The number of fused-ring (bicyclic) bond motifs is 3. The van der Waals surface area contributed by atoms with Crippen molar-refractivity contribution in [1.82, 2.24) is 24.4 Å². The first-order valence-electron chi connectivity index (χ1n) is 8.00. The second-order valence-electron chi connectivity index (χ2n) is 6.26. The Labute approximate surface area is 148 Å². The lowest BCUT2D eigenvalue weighted by Gasteiger charge is -2.10. The second kappa shape index (κ2) is 5.67. The van der Waals surface area contributed by atoms with Crippen LogP contribution < -0.4 is 5.56 Å². The third-order valence-corrected chi connectivity index (χ3v) is 4.52. The normalized spacial score (nSPS) is 11.7. The molecule has 4 aromatic rings. The molecular formula is C18H16ClN5O. The molecule has 0 aliphatic rings. The zero-order chi connectivity index (χ0) is 17.7. The highest BCUT2D eigenvalue weighted by molar-refractivity contribution is 6.30. The van der Waals surface area contributed by atoms with Crippen LogP contribution in [0.5, 0.6) is 0 Å². The summed E-state index contributed by atoms with van der Waals surface area (Å²) in [5, 5.41) is 13.8. The Morgan fingerprint density at radius 3 is 2.48 bits per heavy atom. The molecule has 1 aromatic carbocycles. The predicted molar refractivity (Wildman–Crippen MR) is 98.1 cm³/mol. The van der Waals surface area contributed by atoms with Gasteiger partial charge in [0.15, 0.2) is 11.2 Å². The largest absolute Gasteiger partial charge is 0.311 e. The van der Waals surface area contributed by atoms with Gasteiger partial charge in [0.05, 0.1) is 11.3 Å². The average Bonchev–Trinajstić information content (AvgIpc) is 2.92. The zero-order valence-electron chi connectivity index (χ0n) is 14.1. The zero-order valence-corrected chi connectivity index (χ0v) is 14.8. The molecule has 7 heteroatoms. The molecule has 0 bridgehead atoms. The maximum Gasteiger partial charge on any atom is 0.280 e. The molecule has 0 saturated carbocycles. The maximum absolute atomic E-state index is 12.6. The van der Waals surface area contributed by atoms with Crippen LogP contribution in [0.25, 0.3) is 27.8 Å². The molecule has 0 fully saturated rings. The number of nitrogens with zero attached hydrogens (tertiary/aromatic N) is 5. The summed E-state index contributed by atoms with van der Waals surface area (Å²) < 4.78 is 3.33. The smallest absolute Gasteiger partial charge is 0.280 e. The minimum Gasteiger partial charge on any atom is -0.311 e. The highest BCUT2D eigenvalue weighted by atomic mass is 35.5. The van der Waals surface area contributed by atoms with Gasteiger partial charge in [-0.25, -0.2) is 4.52 Å². The maximum atomic E-state index is 12.6. The lowest BCUT2D eigenvalue weighted by atomic mass is 10.1. The highest BCUT2D eigenvalue weighted by Crippen LogP contribution is 2.29. The Balaban J connectivity index is 2.04. The van der Waals surface area contributed by atoms with E-state index in [0.717, 1.165) is 16.8 Å². The number of aryl methyl sites for hydroxylation is 1. The number of halogens is 1. The molecule has 0 atom stereocenters. The van der Waals surface area contributed by atoms with Crippen LogP contribution in [0.15, 0.2) is 41.3 Å². The van der Waals surface area contributed by atoms with Crippen LogP contribution in [0.1, 0.15) is 25.6 Å². The van der Waals surface area contributed by atoms with Gasteiger partial charge in [0.1, 0.15) is 5.52 Å². The first-order chi connectivity index (χ1) is 12.0. The highest BCUT2D eigenvalue weighted by Gasteiger charge is 2.17. The molecule has 0 aliphatic carbocycles. The molecule has 0 saturated heterocycles. The molecule has 0 spiro atoms. The molecule has 0 N–H and O–H groups in total. The molecule has 6 nitrogen and oxygen atoms in total. The fraction of sp³-hybridized carbons (Fsp3) is 0.222.